The third kappa shape index (κ3) is 7.90. The molecular formula is C29H42ClN5O3. The molecule has 1 unspecified atom stereocenters. The number of hydrogen-bond acceptors (Lipinski definition) is 7. The first-order valence-electron chi connectivity index (χ1n) is 13.3. The van der Waals surface area contributed by atoms with Gasteiger partial charge in [0.1, 0.15) is 11.5 Å². The number of hydrogen-bond donors (Lipinski definition) is 2. The highest BCUT2D eigenvalue weighted by Gasteiger charge is 2.27. The number of aromatic nitrogens is 2. The van der Waals surface area contributed by atoms with Crippen LogP contribution >= 0.6 is 11.6 Å². The van der Waals surface area contributed by atoms with Crippen LogP contribution in [-0.4, -0.2) is 59.8 Å². The summed E-state index contributed by atoms with van der Waals surface area (Å²) in [5.74, 6) is 1.84. The van der Waals surface area contributed by atoms with E-state index in [0.717, 1.165) is 50.9 Å². The van der Waals surface area contributed by atoms with E-state index >= 15 is 0 Å². The molecular weight excluding hydrogens is 502 g/mol. The minimum Gasteiger partial charge on any atom is -0.495 e. The number of ketones is 1. The van der Waals surface area contributed by atoms with Gasteiger partial charge in [0.15, 0.2) is 0 Å². The molecule has 1 aromatic carbocycles. The number of benzene rings is 1. The van der Waals surface area contributed by atoms with Gasteiger partial charge in [-0.25, -0.2) is 9.97 Å². The van der Waals surface area contributed by atoms with Crippen molar-refractivity contribution in [2.75, 3.05) is 32.6 Å². The van der Waals surface area contributed by atoms with Crippen molar-refractivity contribution in [2.45, 2.75) is 71.8 Å². The number of nitrogens with zero attached hydrogens (tertiary/aromatic N) is 3. The van der Waals surface area contributed by atoms with Crippen LogP contribution in [0.4, 0.5) is 11.6 Å². The monoisotopic (exact) mass is 543 g/mol. The van der Waals surface area contributed by atoms with Crippen LogP contribution in [0.2, 0.25) is 5.02 Å². The van der Waals surface area contributed by atoms with Crippen LogP contribution in [0.25, 0.3) is 0 Å². The first-order valence-corrected chi connectivity index (χ1v) is 13.7. The second-order valence-electron chi connectivity index (χ2n) is 10.5. The molecule has 0 bridgehead atoms. The number of methoxy groups -OCH3 is 1. The number of likely N-dealkylation sites (N-methyl/N-ethyl adjacent to an activating group) is 1. The molecule has 1 saturated heterocycles. The minimum atomic E-state index is -0.109. The summed E-state index contributed by atoms with van der Waals surface area (Å²) < 4.78 is 5.58. The van der Waals surface area contributed by atoms with Crippen LogP contribution in [-0.2, 0) is 11.2 Å². The normalized spacial score (nSPS) is 21.7. The molecule has 0 radical (unpaired) electrons. The van der Waals surface area contributed by atoms with Crippen LogP contribution in [0, 0.1) is 11.8 Å². The first kappa shape index (κ1) is 29.8. The molecule has 1 saturated carbocycles. The van der Waals surface area contributed by atoms with E-state index in [0.29, 0.717) is 46.2 Å². The van der Waals surface area contributed by atoms with E-state index < -0.39 is 0 Å². The first-order chi connectivity index (χ1) is 17.8. The summed E-state index contributed by atoms with van der Waals surface area (Å²) in [4.78, 5) is 35.9. The van der Waals surface area contributed by atoms with E-state index in [4.69, 9.17) is 21.3 Å². The molecule has 0 spiro atoms. The van der Waals surface area contributed by atoms with Gasteiger partial charge in [0.2, 0.25) is 5.95 Å². The van der Waals surface area contributed by atoms with Crippen LogP contribution in [0.15, 0.2) is 24.4 Å². The van der Waals surface area contributed by atoms with Crippen LogP contribution in [0.5, 0.6) is 5.75 Å². The maximum absolute atomic E-state index is 12.9. The summed E-state index contributed by atoms with van der Waals surface area (Å²) in [6.07, 6.45) is 9.51. The molecule has 9 heteroatoms. The zero-order valence-electron chi connectivity index (χ0n) is 22.1. The van der Waals surface area contributed by atoms with Crippen LogP contribution in [0.3, 0.4) is 0 Å². The Labute approximate surface area is 231 Å². The quantitative estimate of drug-likeness (QED) is 0.420. The molecule has 8 nitrogen and oxygen atoms in total. The number of anilines is 2. The van der Waals surface area contributed by atoms with Gasteiger partial charge < -0.3 is 25.1 Å². The fourth-order valence-corrected chi connectivity index (χ4v) is 5.82. The lowest BCUT2D eigenvalue weighted by atomic mass is 9.75. The van der Waals surface area contributed by atoms with E-state index in [2.05, 4.69) is 27.6 Å². The second-order valence-corrected chi connectivity index (χ2v) is 10.9. The fourth-order valence-electron chi connectivity index (χ4n) is 5.65. The summed E-state index contributed by atoms with van der Waals surface area (Å²) >= 11 is 6.48. The van der Waals surface area contributed by atoms with Crippen molar-refractivity contribution in [3.63, 3.8) is 0 Å². The molecule has 1 aliphatic heterocycles. The Kier molecular flexibility index (Phi) is 10.9. The van der Waals surface area contributed by atoms with E-state index in [1.165, 1.54) is 12.8 Å². The highest BCUT2D eigenvalue weighted by atomic mass is 35.5. The maximum Gasteiger partial charge on any atom is 0.251 e. The number of halogens is 1. The molecule has 2 aromatic rings. The van der Waals surface area contributed by atoms with Crippen LogP contribution < -0.4 is 15.4 Å². The van der Waals surface area contributed by atoms with E-state index in [1.807, 2.05) is 6.07 Å². The third-order valence-electron chi connectivity index (χ3n) is 7.56. The van der Waals surface area contributed by atoms with Crippen molar-refractivity contribution in [1.29, 1.82) is 0 Å². The molecule has 208 valence electrons. The van der Waals surface area contributed by atoms with E-state index in [9.17, 15) is 9.59 Å². The number of rotatable bonds is 9. The summed E-state index contributed by atoms with van der Waals surface area (Å²) in [7, 11) is 3.65. The van der Waals surface area contributed by atoms with Crippen molar-refractivity contribution in [2.24, 2.45) is 11.8 Å². The number of amides is 1. The average Bonchev–Trinajstić information content (AvgIpc) is 2.87. The average molecular weight is 544 g/mol. The minimum absolute atomic E-state index is 0. The Morgan fingerprint density at radius 3 is 2.63 bits per heavy atom. The van der Waals surface area contributed by atoms with E-state index in [1.54, 1.807) is 32.4 Å². The van der Waals surface area contributed by atoms with Gasteiger partial charge in [-0.15, -0.1) is 0 Å². The highest BCUT2D eigenvalue weighted by molar-refractivity contribution is 6.31. The summed E-state index contributed by atoms with van der Waals surface area (Å²) in [5, 5.41) is 6.90. The summed E-state index contributed by atoms with van der Waals surface area (Å²) in [6.45, 7) is 3.59. The number of nitrogens with one attached hydrogen (secondary N) is 2. The van der Waals surface area contributed by atoms with Gasteiger partial charge in [0, 0.05) is 24.6 Å². The number of Topliss-reactive ketones (excluding diaryl/α,β-unsaturated/α-hetero) is 1. The molecule has 1 aromatic heterocycles. The maximum atomic E-state index is 12.9. The molecule has 4 rings (SSSR count). The Bertz CT molecular complexity index is 1110. The lowest BCUT2D eigenvalue weighted by Gasteiger charge is -2.31. The molecule has 2 aliphatic rings. The highest BCUT2D eigenvalue weighted by Crippen LogP contribution is 2.36. The molecule has 2 fully saturated rings. The Morgan fingerprint density at radius 2 is 1.92 bits per heavy atom. The molecule has 2 N–H and O–H groups in total. The smallest absolute Gasteiger partial charge is 0.251 e. The Hall–Kier alpha value is -2.71. The van der Waals surface area contributed by atoms with Crippen LogP contribution in [0.1, 0.15) is 75.3 Å². The van der Waals surface area contributed by atoms with Gasteiger partial charge in [0.05, 0.1) is 29.7 Å². The topological polar surface area (TPSA) is 96.5 Å². The van der Waals surface area contributed by atoms with Gasteiger partial charge >= 0.3 is 0 Å². The van der Waals surface area contributed by atoms with Crippen molar-refractivity contribution < 1.29 is 14.3 Å². The number of piperidine rings is 1. The van der Waals surface area contributed by atoms with E-state index in [-0.39, 0.29) is 25.2 Å². The molecule has 1 amide bonds. The third-order valence-corrected chi connectivity index (χ3v) is 7.87. The molecule has 3 atom stereocenters. The molecule has 1 aliphatic carbocycles. The zero-order valence-corrected chi connectivity index (χ0v) is 22.8. The summed E-state index contributed by atoms with van der Waals surface area (Å²) in [6, 6.07) is 5.46. The standard InChI is InChI=1S/C28H38ClN5O3.CH4/c1-18(35)13-19-7-4-5-8-20(19)14-25-23(29)16-30-28(33-25)32-24-11-10-21(15-26(24)37-3)27(36)31-22-9-6-12-34(2)17-22;/h10-11,15-16,19-20,22H,4-9,12-14,17H2,1-3H3,(H,31,36)(H,30,32,33);1H4/t19-,20-,22?;/m0./s1. The number of ether oxygens (including phenoxy) is 1. The number of likely N-dealkylation sites (tertiary alicyclic amines) is 1. The fraction of sp³-hybridized carbons (Fsp3) is 0.586. The zero-order chi connectivity index (χ0) is 26.4. The Balaban J connectivity index is 0.00000400. The predicted octanol–water partition coefficient (Wildman–Crippen LogP) is 5.67. The largest absolute Gasteiger partial charge is 0.495 e. The lowest BCUT2D eigenvalue weighted by molar-refractivity contribution is -0.118. The van der Waals surface area contributed by atoms with Gasteiger partial charge in [-0.05, 0) is 82.7 Å². The van der Waals surface area contributed by atoms with Gasteiger partial charge in [-0.2, -0.15) is 0 Å². The summed E-state index contributed by atoms with van der Waals surface area (Å²) in [5.41, 5.74) is 1.99. The van der Waals surface area contributed by atoms with Crippen molar-refractivity contribution >= 4 is 34.9 Å². The Morgan fingerprint density at radius 1 is 1.16 bits per heavy atom. The second kappa shape index (κ2) is 13.9. The predicted molar refractivity (Wildman–Crippen MR) is 152 cm³/mol. The number of carbonyl (C=O) groups is 2. The van der Waals surface area contributed by atoms with Crippen molar-refractivity contribution in [3.8, 4) is 5.75 Å². The molecule has 2 heterocycles. The SMILES string of the molecule is C.COc1cc(C(=O)NC2CCCN(C)C2)ccc1Nc1ncc(Cl)c(C[C@@H]2CCCC[C@H]2CC(C)=O)n1. The van der Waals surface area contributed by atoms with Crippen molar-refractivity contribution in [3.05, 3.63) is 40.7 Å². The lowest BCUT2D eigenvalue weighted by Crippen LogP contribution is -2.46. The van der Waals surface area contributed by atoms with Crippen molar-refractivity contribution in [1.82, 2.24) is 20.2 Å². The number of carbonyl (C=O) groups excluding carboxylic acids is 2. The van der Waals surface area contributed by atoms with Gasteiger partial charge in [0.25, 0.3) is 5.91 Å². The van der Waals surface area contributed by atoms with Gasteiger partial charge in [-0.1, -0.05) is 31.9 Å². The van der Waals surface area contributed by atoms with Gasteiger partial charge in [-0.3, -0.25) is 4.79 Å². The molecule has 38 heavy (non-hydrogen) atoms.